The molecule has 2 heterocycles. The smallest absolute Gasteiger partial charge is 0.340 e. The van der Waals surface area contributed by atoms with Crippen molar-refractivity contribution in [2.75, 3.05) is 7.11 Å². The minimum absolute atomic E-state index is 0.367. The van der Waals surface area contributed by atoms with Gasteiger partial charge in [0, 0.05) is 25.8 Å². The number of halogens is 1. The third kappa shape index (κ3) is 3.07. The molecule has 0 unspecified atom stereocenters. The molecule has 0 aliphatic carbocycles. The van der Waals surface area contributed by atoms with Crippen LogP contribution in [0.1, 0.15) is 15.6 Å². The molecule has 0 N–H and O–H groups in total. The fourth-order valence-corrected chi connectivity index (χ4v) is 3.52. The van der Waals surface area contributed by atoms with Gasteiger partial charge in [0.2, 0.25) is 0 Å². The zero-order valence-corrected chi connectivity index (χ0v) is 13.0. The van der Waals surface area contributed by atoms with E-state index in [1.807, 2.05) is 23.8 Å². The molecule has 0 radical (unpaired) electrons. The number of carbonyl (C=O) groups is 1. The fourth-order valence-electron chi connectivity index (χ4n) is 1.34. The number of ether oxygens (including phenoxy) is 1. The largest absolute Gasteiger partial charge is 0.465 e. The van der Waals surface area contributed by atoms with E-state index < -0.39 is 0 Å². The summed E-state index contributed by atoms with van der Waals surface area (Å²) >= 11 is 6.38. The van der Waals surface area contributed by atoms with Crippen molar-refractivity contribution >= 4 is 56.2 Å². The number of hydrogen-bond donors (Lipinski definition) is 0. The third-order valence-corrected chi connectivity index (χ3v) is 4.76. The summed E-state index contributed by atoms with van der Waals surface area (Å²) < 4.78 is 5.81. The normalized spacial score (nSPS) is 11.6. The molecular weight excluding hydrogens is 334 g/mol. The molecule has 94 valence electrons. The highest BCUT2D eigenvalue weighted by Gasteiger charge is 2.16. The van der Waals surface area contributed by atoms with Crippen LogP contribution >= 0.6 is 38.6 Å². The van der Waals surface area contributed by atoms with Gasteiger partial charge in [0.15, 0.2) is 0 Å². The molecular formula is C12H10BrNO2S2. The molecule has 0 atom stereocenters. The number of carbonyl (C=O) groups excluding carboxylic acids is 1. The lowest BCUT2D eigenvalue weighted by molar-refractivity contribution is -0.133. The Hall–Kier alpha value is -0.980. The van der Waals surface area contributed by atoms with Crippen LogP contribution in [0.5, 0.6) is 0 Å². The SMILES string of the molecule is COC(=O)/C(=C\c1cc(Br)cs1)c1nc(C)cs1. The maximum atomic E-state index is 11.8. The Morgan fingerprint density at radius 2 is 2.22 bits per heavy atom. The van der Waals surface area contributed by atoms with E-state index in [2.05, 4.69) is 20.9 Å². The average molecular weight is 344 g/mol. The zero-order chi connectivity index (χ0) is 13.1. The van der Waals surface area contributed by atoms with Crippen molar-refractivity contribution in [1.82, 2.24) is 4.98 Å². The molecule has 0 aliphatic rings. The third-order valence-electron chi connectivity index (χ3n) is 2.13. The van der Waals surface area contributed by atoms with Crippen molar-refractivity contribution in [2.24, 2.45) is 0 Å². The summed E-state index contributed by atoms with van der Waals surface area (Å²) in [5.41, 5.74) is 1.39. The van der Waals surface area contributed by atoms with Crippen LogP contribution in [-0.2, 0) is 9.53 Å². The monoisotopic (exact) mass is 343 g/mol. The standard InChI is InChI=1S/C12H10BrNO2S2/c1-7-5-18-11(14-7)10(12(15)16-2)4-9-3-8(13)6-17-9/h3-6H,1-2H3/b10-4-. The minimum atomic E-state index is -0.367. The Kier molecular flexibility index (Phi) is 4.31. The molecule has 0 spiro atoms. The molecule has 0 aromatic carbocycles. The maximum Gasteiger partial charge on any atom is 0.340 e. The topological polar surface area (TPSA) is 39.2 Å². The quantitative estimate of drug-likeness (QED) is 0.624. The van der Waals surface area contributed by atoms with Crippen molar-refractivity contribution in [2.45, 2.75) is 6.92 Å². The van der Waals surface area contributed by atoms with Crippen molar-refractivity contribution in [3.05, 3.63) is 36.9 Å². The van der Waals surface area contributed by atoms with E-state index in [0.717, 1.165) is 15.0 Å². The first-order valence-electron chi connectivity index (χ1n) is 5.06. The van der Waals surface area contributed by atoms with E-state index >= 15 is 0 Å². The van der Waals surface area contributed by atoms with Crippen LogP contribution in [0.4, 0.5) is 0 Å². The van der Waals surface area contributed by atoms with Crippen molar-refractivity contribution in [3.8, 4) is 0 Å². The maximum absolute atomic E-state index is 11.8. The van der Waals surface area contributed by atoms with Crippen LogP contribution in [-0.4, -0.2) is 18.1 Å². The van der Waals surface area contributed by atoms with Gasteiger partial charge in [-0.25, -0.2) is 9.78 Å². The van der Waals surface area contributed by atoms with Gasteiger partial charge >= 0.3 is 5.97 Å². The van der Waals surface area contributed by atoms with Crippen LogP contribution in [0.2, 0.25) is 0 Å². The minimum Gasteiger partial charge on any atom is -0.465 e. The molecule has 2 aromatic rings. The summed E-state index contributed by atoms with van der Waals surface area (Å²) in [6.07, 6.45) is 1.81. The van der Waals surface area contributed by atoms with E-state index in [4.69, 9.17) is 4.74 Å². The first-order valence-corrected chi connectivity index (χ1v) is 7.62. The molecule has 2 aromatic heterocycles. The fraction of sp³-hybridized carbons (Fsp3) is 0.167. The van der Waals surface area contributed by atoms with E-state index in [-0.39, 0.29) is 5.97 Å². The number of hydrogen-bond acceptors (Lipinski definition) is 5. The number of rotatable bonds is 3. The summed E-state index contributed by atoms with van der Waals surface area (Å²) in [6, 6.07) is 1.95. The van der Waals surface area contributed by atoms with Gasteiger partial charge < -0.3 is 4.74 Å². The average Bonchev–Trinajstić information content (AvgIpc) is 2.94. The van der Waals surface area contributed by atoms with Crippen molar-refractivity contribution in [1.29, 1.82) is 0 Å². The highest BCUT2D eigenvalue weighted by atomic mass is 79.9. The molecule has 0 amide bonds. The first-order chi connectivity index (χ1) is 8.60. The van der Waals surface area contributed by atoms with Gasteiger partial charge in [-0.1, -0.05) is 0 Å². The Labute approximate surface area is 121 Å². The van der Waals surface area contributed by atoms with Gasteiger partial charge in [0.25, 0.3) is 0 Å². The molecule has 0 fully saturated rings. The van der Waals surface area contributed by atoms with Crippen LogP contribution in [0.15, 0.2) is 21.3 Å². The van der Waals surface area contributed by atoms with Gasteiger partial charge in [0.1, 0.15) is 5.01 Å². The molecule has 0 saturated carbocycles. The Balaban J connectivity index is 2.43. The highest BCUT2D eigenvalue weighted by molar-refractivity contribution is 9.10. The van der Waals surface area contributed by atoms with Gasteiger partial charge in [-0.05, 0) is 35.0 Å². The van der Waals surface area contributed by atoms with E-state index in [9.17, 15) is 4.79 Å². The van der Waals surface area contributed by atoms with Gasteiger partial charge in [0.05, 0.1) is 12.7 Å². The van der Waals surface area contributed by atoms with E-state index in [1.54, 1.807) is 17.4 Å². The van der Waals surface area contributed by atoms with E-state index in [0.29, 0.717) is 10.6 Å². The molecule has 6 heteroatoms. The number of thiophene rings is 1. The molecule has 18 heavy (non-hydrogen) atoms. The second-order valence-corrected chi connectivity index (χ2v) is 6.23. The lowest BCUT2D eigenvalue weighted by atomic mass is 10.2. The van der Waals surface area contributed by atoms with E-state index in [1.165, 1.54) is 18.4 Å². The lowest BCUT2D eigenvalue weighted by Crippen LogP contribution is -2.03. The second kappa shape index (κ2) is 5.77. The molecule has 0 aliphatic heterocycles. The number of aryl methyl sites for hydroxylation is 1. The first kappa shape index (κ1) is 13.5. The second-order valence-electron chi connectivity index (χ2n) is 3.51. The van der Waals surface area contributed by atoms with Gasteiger partial charge in [-0.3, -0.25) is 0 Å². The summed E-state index contributed by atoms with van der Waals surface area (Å²) in [5, 5.41) is 4.56. The number of methoxy groups -OCH3 is 1. The number of thiazole rings is 1. The summed E-state index contributed by atoms with van der Waals surface area (Å²) in [6.45, 7) is 1.90. The number of aromatic nitrogens is 1. The van der Waals surface area contributed by atoms with Crippen LogP contribution < -0.4 is 0 Å². The zero-order valence-electron chi connectivity index (χ0n) is 9.77. The van der Waals surface area contributed by atoms with Gasteiger partial charge in [-0.2, -0.15) is 0 Å². The predicted molar refractivity (Wildman–Crippen MR) is 78.8 cm³/mol. The molecule has 0 bridgehead atoms. The lowest BCUT2D eigenvalue weighted by Gasteiger charge is -2.01. The summed E-state index contributed by atoms with van der Waals surface area (Å²) in [5.74, 6) is -0.367. The Bertz CT molecular complexity index is 601. The number of nitrogens with zero attached hydrogens (tertiary/aromatic N) is 1. The molecule has 3 nitrogen and oxygen atoms in total. The summed E-state index contributed by atoms with van der Waals surface area (Å²) in [7, 11) is 1.38. The molecule has 0 saturated heterocycles. The van der Waals surface area contributed by atoms with Crippen molar-refractivity contribution in [3.63, 3.8) is 0 Å². The molecule has 2 rings (SSSR count). The Morgan fingerprint density at radius 1 is 1.44 bits per heavy atom. The van der Waals surface area contributed by atoms with Gasteiger partial charge in [-0.15, -0.1) is 22.7 Å². The Morgan fingerprint density at radius 3 is 2.72 bits per heavy atom. The van der Waals surface area contributed by atoms with Crippen LogP contribution in [0.25, 0.3) is 11.6 Å². The van der Waals surface area contributed by atoms with Crippen molar-refractivity contribution < 1.29 is 9.53 Å². The highest BCUT2D eigenvalue weighted by Crippen LogP contribution is 2.27. The number of esters is 1. The van der Waals surface area contributed by atoms with Crippen LogP contribution in [0.3, 0.4) is 0 Å². The van der Waals surface area contributed by atoms with Crippen LogP contribution in [0, 0.1) is 6.92 Å². The predicted octanol–water partition coefficient (Wildman–Crippen LogP) is 3.99. The summed E-state index contributed by atoms with van der Waals surface area (Å²) in [4.78, 5) is 17.1.